The Morgan fingerprint density at radius 2 is 2.38 bits per heavy atom. The fourth-order valence-corrected chi connectivity index (χ4v) is 1.59. The number of likely N-dealkylation sites (N-methyl/N-ethyl adjacent to an activating group) is 1. The smallest absolute Gasteiger partial charge is 0.0880 e. The van der Waals surface area contributed by atoms with Crippen LogP contribution in [0.4, 0.5) is 0 Å². The Balaban J connectivity index is 2.19. The van der Waals surface area contributed by atoms with Crippen molar-refractivity contribution in [3.05, 3.63) is 11.9 Å². The fraction of sp³-hybridized carbons (Fsp3) is 0.750. The third-order valence-electron chi connectivity index (χ3n) is 1.68. The van der Waals surface area contributed by atoms with Gasteiger partial charge in [0.1, 0.15) is 0 Å². The highest BCUT2D eigenvalue weighted by molar-refractivity contribution is 6.99. The normalized spacial score (nSPS) is 13.5. The Morgan fingerprint density at radius 3 is 2.92 bits per heavy atom. The zero-order chi connectivity index (χ0) is 9.68. The van der Waals surface area contributed by atoms with Gasteiger partial charge in [0, 0.05) is 19.1 Å². The van der Waals surface area contributed by atoms with Crippen molar-refractivity contribution in [2.24, 2.45) is 0 Å². The van der Waals surface area contributed by atoms with Crippen LogP contribution in [0.25, 0.3) is 0 Å². The number of nitrogens with zero attached hydrogens (tertiary/aromatic N) is 3. The van der Waals surface area contributed by atoms with Crippen LogP contribution >= 0.6 is 11.7 Å². The lowest BCUT2D eigenvalue weighted by molar-refractivity contribution is 0.348. The fourth-order valence-electron chi connectivity index (χ4n) is 1.15. The lowest BCUT2D eigenvalue weighted by Crippen LogP contribution is -2.35. The summed E-state index contributed by atoms with van der Waals surface area (Å²) in [6, 6.07) is 0.483. The zero-order valence-corrected chi connectivity index (χ0v) is 9.14. The molecule has 0 spiro atoms. The number of hydrogen-bond acceptors (Lipinski definition) is 5. The van der Waals surface area contributed by atoms with Gasteiger partial charge in [0.2, 0.25) is 0 Å². The van der Waals surface area contributed by atoms with Crippen molar-refractivity contribution in [2.75, 3.05) is 20.6 Å². The highest BCUT2D eigenvalue weighted by Gasteiger charge is 2.03. The van der Waals surface area contributed by atoms with Gasteiger partial charge in [-0.1, -0.05) is 0 Å². The minimum Gasteiger partial charge on any atom is -0.308 e. The maximum atomic E-state index is 4.12. The van der Waals surface area contributed by atoms with Crippen LogP contribution in [-0.4, -0.2) is 40.3 Å². The number of rotatable bonds is 5. The molecule has 0 saturated carbocycles. The van der Waals surface area contributed by atoms with E-state index in [1.54, 1.807) is 6.20 Å². The molecule has 0 aliphatic heterocycles. The second-order valence-corrected chi connectivity index (χ2v) is 4.00. The molecule has 0 radical (unpaired) electrons. The minimum absolute atomic E-state index is 0.483. The van der Waals surface area contributed by atoms with Crippen molar-refractivity contribution in [1.82, 2.24) is 19.0 Å². The largest absolute Gasteiger partial charge is 0.308 e. The molecule has 1 atom stereocenters. The van der Waals surface area contributed by atoms with E-state index >= 15 is 0 Å². The molecule has 0 aliphatic rings. The van der Waals surface area contributed by atoms with Crippen molar-refractivity contribution < 1.29 is 0 Å². The van der Waals surface area contributed by atoms with Gasteiger partial charge in [-0.25, -0.2) is 0 Å². The molecular formula is C8H16N4S. The molecule has 1 heterocycles. The van der Waals surface area contributed by atoms with E-state index in [4.69, 9.17) is 0 Å². The van der Waals surface area contributed by atoms with Crippen LogP contribution in [-0.2, 0) is 6.54 Å². The first-order valence-corrected chi connectivity index (χ1v) is 5.06. The molecule has 0 aliphatic carbocycles. The van der Waals surface area contributed by atoms with E-state index in [0.29, 0.717) is 6.04 Å². The lowest BCUT2D eigenvalue weighted by Gasteiger charge is -2.17. The van der Waals surface area contributed by atoms with E-state index in [2.05, 4.69) is 40.0 Å². The molecular weight excluding hydrogens is 184 g/mol. The molecule has 1 unspecified atom stereocenters. The molecule has 0 aromatic carbocycles. The summed E-state index contributed by atoms with van der Waals surface area (Å²) in [4.78, 5) is 2.16. The number of nitrogens with one attached hydrogen (secondary N) is 1. The Hall–Kier alpha value is -0.520. The summed E-state index contributed by atoms with van der Waals surface area (Å²) < 4.78 is 8.06. The van der Waals surface area contributed by atoms with Crippen LogP contribution in [0.15, 0.2) is 6.20 Å². The standard InChI is InChI=1S/C8H16N4S/c1-7(6-12(2)3)9-4-8-5-10-13-11-8/h5,7,9H,4,6H2,1-3H3. The molecule has 5 heteroatoms. The minimum atomic E-state index is 0.483. The molecule has 0 amide bonds. The molecule has 0 fully saturated rings. The van der Waals surface area contributed by atoms with E-state index in [1.165, 1.54) is 11.7 Å². The Kier molecular flexibility index (Phi) is 4.27. The van der Waals surface area contributed by atoms with Crippen LogP contribution in [0.1, 0.15) is 12.6 Å². The van der Waals surface area contributed by atoms with Gasteiger partial charge in [0.25, 0.3) is 0 Å². The maximum Gasteiger partial charge on any atom is 0.0880 e. The van der Waals surface area contributed by atoms with Crippen LogP contribution in [0.5, 0.6) is 0 Å². The number of aromatic nitrogens is 2. The summed E-state index contributed by atoms with van der Waals surface area (Å²) in [6.45, 7) is 4.02. The highest BCUT2D eigenvalue weighted by Crippen LogP contribution is 1.95. The third kappa shape index (κ3) is 4.31. The summed E-state index contributed by atoms with van der Waals surface area (Å²) in [7, 11) is 4.14. The molecule has 1 aromatic rings. The van der Waals surface area contributed by atoms with Gasteiger partial charge in [-0.2, -0.15) is 8.75 Å². The number of hydrogen-bond donors (Lipinski definition) is 1. The van der Waals surface area contributed by atoms with E-state index in [0.717, 1.165) is 18.8 Å². The molecule has 0 saturated heterocycles. The predicted octanol–water partition coefficient (Wildman–Crippen LogP) is 0.578. The monoisotopic (exact) mass is 200 g/mol. The van der Waals surface area contributed by atoms with Crippen molar-refractivity contribution in [2.45, 2.75) is 19.5 Å². The van der Waals surface area contributed by atoms with Crippen LogP contribution in [0, 0.1) is 0 Å². The van der Waals surface area contributed by atoms with E-state index < -0.39 is 0 Å². The van der Waals surface area contributed by atoms with Crippen molar-refractivity contribution in [1.29, 1.82) is 0 Å². The molecule has 1 N–H and O–H groups in total. The summed E-state index contributed by atoms with van der Waals surface area (Å²) in [5, 5.41) is 3.38. The highest BCUT2D eigenvalue weighted by atomic mass is 32.1. The van der Waals surface area contributed by atoms with Gasteiger partial charge < -0.3 is 10.2 Å². The molecule has 1 aromatic heterocycles. The van der Waals surface area contributed by atoms with Gasteiger partial charge in [0.05, 0.1) is 23.6 Å². The van der Waals surface area contributed by atoms with Gasteiger partial charge in [0.15, 0.2) is 0 Å². The topological polar surface area (TPSA) is 41.0 Å². The predicted molar refractivity (Wildman–Crippen MR) is 54.8 cm³/mol. The van der Waals surface area contributed by atoms with Crippen LogP contribution < -0.4 is 5.32 Å². The second-order valence-electron chi connectivity index (χ2n) is 3.44. The van der Waals surface area contributed by atoms with E-state index in [9.17, 15) is 0 Å². The Labute approximate surface area is 83.3 Å². The van der Waals surface area contributed by atoms with Gasteiger partial charge in [-0.05, 0) is 21.0 Å². The quantitative estimate of drug-likeness (QED) is 0.755. The van der Waals surface area contributed by atoms with E-state index in [-0.39, 0.29) is 0 Å². The van der Waals surface area contributed by atoms with E-state index in [1.807, 2.05) is 0 Å². The van der Waals surface area contributed by atoms with Gasteiger partial charge in [-0.15, -0.1) is 0 Å². The first kappa shape index (κ1) is 10.6. The zero-order valence-electron chi connectivity index (χ0n) is 8.32. The average molecular weight is 200 g/mol. The summed E-state index contributed by atoms with van der Waals surface area (Å²) >= 11 is 1.25. The van der Waals surface area contributed by atoms with Crippen LogP contribution in [0.2, 0.25) is 0 Å². The van der Waals surface area contributed by atoms with Gasteiger partial charge in [-0.3, -0.25) is 0 Å². The van der Waals surface area contributed by atoms with Gasteiger partial charge >= 0.3 is 0 Å². The SMILES string of the molecule is CC(CN(C)C)NCc1cnsn1. The summed E-state index contributed by atoms with van der Waals surface area (Å²) in [5.74, 6) is 0. The Bertz CT molecular complexity index is 222. The van der Waals surface area contributed by atoms with Crippen molar-refractivity contribution in [3.8, 4) is 0 Å². The summed E-state index contributed by atoms with van der Waals surface area (Å²) in [6.07, 6.45) is 1.81. The Morgan fingerprint density at radius 1 is 1.62 bits per heavy atom. The van der Waals surface area contributed by atoms with Crippen LogP contribution in [0.3, 0.4) is 0 Å². The second kappa shape index (κ2) is 5.26. The molecule has 1 rings (SSSR count). The molecule has 13 heavy (non-hydrogen) atoms. The maximum absolute atomic E-state index is 4.12. The third-order valence-corrected chi connectivity index (χ3v) is 2.19. The first-order chi connectivity index (χ1) is 6.18. The first-order valence-electron chi connectivity index (χ1n) is 4.33. The van der Waals surface area contributed by atoms with Crippen molar-refractivity contribution >= 4 is 11.7 Å². The molecule has 0 bridgehead atoms. The summed E-state index contributed by atoms with van der Waals surface area (Å²) in [5.41, 5.74) is 1.02. The molecule has 4 nitrogen and oxygen atoms in total. The van der Waals surface area contributed by atoms with Crippen molar-refractivity contribution in [3.63, 3.8) is 0 Å². The lowest BCUT2D eigenvalue weighted by atomic mass is 10.3. The average Bonchev–Trinajstić information content (AvgIpc) is 2.51. The molecule has 74 valence electrons.